The van der Waals surface area contributed by atoms with Gasteiger partial charge in [-0.15, -0.1) is 11.3 Å². The number of carbonyl (C=O) groups is 2. The number of amides is 2. The standard InChI is InChI=1S/C17H20N2O2S/c1-13-8-9-15(22-13)17(21)18-12-16(20)19(2)11-10-14-6-4-3-5-7-14/h3-9H,10-12H2,1-2H3,(H,18,21). The molecule has 116 valence electrons. The predicted octanol–water partition coefficient (Wildman–Crippen LogP) is 2.49. The number of rotatable bonds is 6. The first-order valence-corrected chi connectivity index (χ1v) is 8.00. The van der Waals surface area contributed by atoms with Crippen molar-refractivity contribution < 1.29 is 9.59 Å². The van der Waals surface area contributed by atoms with E-state index in [0.717, 1.165) is 11.3 Å². The summed E-state index contributed by atoms with van der Waals surface area (Å²) in [6.07, 6.45) is 0.807. The highest BCUT2D eigenvalue weighted by Crippen LogP contribution is 2.14. The van der Waals surface area contributed by atoms with Crippen molar-refractivity contribution in [3.05, 3.63) is 57.8 Å². The van der Waals surface area contributed by atoms with Crippen LogP contribution in [0.1, 0.15) is 20.1 Å². The Labute approximate surface area is 134 Å². The lowest BCUT2D eigenvalue weighted by atomic mass is 10.1. The first-order valence-electron chi connectivity index (χ1n) is 7.19. The average Bonchev–Trinajstić information content (AvgIpc) is 2.97. The molecule has 0 unspecified atom stereocenters. The SMILES string of the molecule is Cc1ccc(C(=O)NCC(=O)N(C)CCc2ccccc2)s1. The van der Waals surface area contributed by atoms with Gasteiger partial charge in [0, 0.05) is 18.5 Å². The largest absolute Gasteiger partial charge is 0.344 e. The van der Waals surface area contributed by atoms with Gasteiger partial charge in [0.05, 0.1) is 11.4 Å². The Kier molecular flexibility index (Phi) is 5.72. The lowest BCUT2D eigenvalue weighted by molar-refractivity contribution is -0.128. The zero-order chi connectivity index (χ0) is 15.9. The molecule has 1 aromatic heterocycles. The van der Waals surface area contributed by atoms with E-state index in [1.807, 2.05) is 43.3 Å². The number of thiophene rings is 1. The number of nitrogens with zero attached hydrogens (tertiary/aromatic N) is 1. The van der Waals surface area contributed by atoms with Gasteiger partial charge in [0.15, 0.2) is 0 Å². The van der Waals surface area contributed by atoms with Crippen molar-refractivity contribution in [2.45, 2.75) is 13.3 Å². The Morgan fingerprint density at radius 1 is 1.14 bits per heavy atom. The second-order valence-corrected chi connectivity index (χ2v) is 6.43. The van der Waals surface area contributed by atoms with Crippen LogP contribution in [0.5, 0.6) is 0 Å². The Hall–Kier alpha value is -2.14. The van der Waals surface area contributed by atoms with Gasteiger partial charge >= 0.3 is 0 Å². The number of hydrogen-bond donors (Lipinski definition) is 1. The molecule has 0 saturated heterocycles. The molecule has 22 heavy (non-hydrogen) atoms. The molecular formula is C17H20N2O2S. The highest BCUT2D eigenvalue weighted by Gasteiger charge is 2.12. The molecule has 5 heteroatoms. The number of hydrogen-bond acceptors (Lipinski definition) is 3. The van der Waals surface area contributed by atoms with Gasteiger partial charge in [-0.1, -0.05) is 30.3 Å². The third-order valence-electron chi connectivity index (χ3n) is 3.37. The molecule has 1 N–H and O–H groups in total. The molecule has 2 amide bonds. The first kappa shape index (κ1) is 16.2. The Morgan fingerprint density at radius 3 is 2.50 bits per heavy atom. The number of carbonyl (C=O) groups excluding carboxylic acids is 2. The quantitative estimate of drug-likeness (QED) is 0.890. The molecule has 0 fully saturated rings. The van der Waals surface area contributed by atoms with Gasteiger partial charge in [0.2, 0.25) is 5.91 Å². The molecule has 0 saturated carbocycles. The van der Waals surface area contributed by atoms with E-state index in [4.69, 9.17) is 0 Å². The van der Waals surface area contributed by atoms with Crippen molar-refractivity contribution in [3.63, 3.8) is 0 Å². The third kappa shape index (κ3) is 4.70. The van der Waals surface area contributed by atoms with E-state index < -0.39 is 0 Å². The van der Waals surface area contributed by atoms with Crippen LogP contribution in [0, 0.1) is 6.92 Å². The molecule has 2 aromatic rings. The summed E-state index contributed by atoms with van der Waals surface area (Å²) in [7, 11) is 1.76. The van der Waals surface area contributed by atoms with Gasteiger partial charge in [0.25, 0.3) is 5.91 Å². The van der Waals surface area contributed by atoms with E-state index in [9.17, 15) is 9.59 Å². The van der Waals surface area contributed by atoms with Gasteiger partial charge in [-0.2, -0.15) is 0 Å². The van der Waals surface area contributed by atoms with Crippen molar-refractivity contribution in [2.75, 3.05) is 20.1 Å². The second kappa shape index (κ2) is 7.75. The van der Waals surface area contributed by atoms with Crippen LogP contribution in [0.25, 0.3) is 0 Å². The molecule has 0 radical (unpaired) electrons. The second-order valence-electron chi connectivity index (χ2n) is 5.14. The van der Waals surface area contributed by atoms with Crippen LogP contribution in [0.2, 0.25) is 0 Å². The summed E-state index contributed by atoms with van der Waals surface area (Å²) in [5, 5.41) is 2.67. The topological polar surface area (TPSA) is 49.4 Å². The minimum atomic E-state index is -0.192. The van der Waals surface area contributed by atoms with Crippen molar-refractivity contribution >= 4 is 23.2 Å². The van der Waals surface area contributed by atoms with Crippen LogP contribution in [0.15, 0.2) is 42.5 Å². The fraction of sp³-hybridized carbons (Fsp3) is 0.294. The third-order valence-corrected chi connectivity index (χ3v) is 4.37. The maximum Gasteiger partial charge on any atom is 0.261 e. The van der Waals surface area contributed by atoms with Gasteiger partial charge < -0.3 is 10.2 Å². The van der Waals surface area contributed by atoms with Crippen LogP contribution >= 0.6 is 11.3 Å². The van der Waals surface area contributed by atoms with Crippen molar-refractivity contribution in [1.82, 2.24) is 10.2 Å². The zero-order valence-corrected chi connectivity index (χ0v) is 13.7. The predicted molar refractivity (Wildman–Crippen MR) is 89.2 cm³/mol. The Balaban J connectivity index is 1.75. The summed E-state index contributed by atoms with van der Waals surface area (Å²) in [5.74, 6) is -0.277. The van der Waals surface area contributed by atoms with E-state index in [1.165, 1.54) is 16.9 Å². The summed E-state index contributed by atoms with van der Waals surface area (Å²) >= 11 is 1.43. The summed E-state index contributed by atoms with van der Waals surface area (Å²) in [6.45, 7) is 2.61. The van der Waals surface area contributed by atoms with Crippen LogP contribution in [-0.4, -0.2) is 36.9 Å². The fourth-order valence-electron chi connectivity index (χ4n) is 2.00. The normalized spacial score (nSPS) is 10.3. The highest BCUT2D eigenvalue weighted by atomic mass is 32.1. The van der Waals surface area contributed by atoms with Crippen molar-refractivity contribution in [3.8, 4) is 0 Å². The summed E-state index contributed by atoms with van der Waals surface area (Å²) in [4.78, 5) is 27.3. The number of nitrogens with one attached hydrogen (secondary N) is 1. The van der Waals surface area contributed by atoms with Gasteiger partial charge in [-0.05, 0) is 31.0 Å². The minimum Gasteiger partial charge on any atom is -0.344 e. The van der Waals surface area contributed by atoms with Gasteiger partial charge in [-0.3, -0.25) is 9.59 Å². The zero-order valence-electron chi connectivity index (χ0n) is 12.8. The summed E-state index contributed by atoms with van der Waals surface area (Å²) in [5.41, 5.74) is 1.19. The molecule has 2 rings (SSSR count). The van der Waals surface area contributed by atoms with Crippen LogP contribution in [0.4, 0.5) is 0 Å². The Bertz CT molecular complexity index is 637. The van der Waals surface area contributed by atoms with E-state index in [2.05, 4.69) is 5.32 Å². The van der Waals surface area contributed by atoms with Crippen LogP contribution in [0.3, 0.4) is 0 Å². The minimum absolute atomic E-state index is 0.0288. The monoisotopic (exact) mass is 316 g/mol. The molecule has 0 atom stereocenters. The molecule has 0 spiro atoms. The van der Waals surface area contributed by atoms with Gasteiger partial charge in [0.1, 0.15) is 0 Å². The molecule has 0 aliphatic rings. The summed E-state index contributed by atoms with van der Waals surface area (Å²) in [6, 6.07) is 13.7. The van der Waals surface area contributed by atoms with E-state index in [0.29, 0.717) is 11.4 Å². The van der Waals surface area contributed by atoms with Gasteiger partial charge in [-0.25, -0.2) is 0 Å². The number of aryl methyl sites for hydroxylation is 1. The Morgan fingerprint density at radius 2 is 1.86 bits per heavy atom. The van der Waals surface area contributed by atoms with Crippen LogP contribution in [-0.2, 0) is 11.2 Å². The maximum atomic E-state index is 12.0. The van der Waals surface area contributed by atoms with E-state index in [1.54, 1.807) is 18.0 Å². The molecule has 4 nitrogen and oxygen atoms in total. The van der Waals surface area contributed by atoms with Crippen LogP contribution < -0.4 is 5.32 Å². The molecule has 1 aromatic carbocycles. The molecule has 0 aliphatic heterocycles. The fourth-order valence-corrected chi connectivity index (χ4v) is 2.78. The van der Waals surface area contributed by atoms with Crippen molar-refractivity contribution in [1.29, 1.82) is 0 Å². The molecule has 0 bridgehead atoms. The lowest BCUT2D eigenvalue weighted by Gasteiger charge is -2.17. The van der Waals surface area contributed by atoms with Crippen molar-refractivity contribution in [2.24, 2.45) is 0 Å². The lowest BCUT2D eigenvalue weighted by Crippen LogP contribution is -2.38. The average molecular weight is 316 g/mol. The molecular weight excluding hydrogens is 296 g/mol. The highest BCUT2D eigenvalue weighted by molar-refractivity contribution is 7.13. The smallest absolute Gasteiger partial charge is 0.261 e. The molecule has 0 aliphatic carbocycles. The summed E-state index contributed by atoms with van der Waals surface area (Å²) < 4.78 is 0. The molecule has 1 heterocycles. The maximum absolute atomic E-state index is 12.0. The van der Waals surface area contributed by atoms with E-state index >= 15 is 0 Å². The number of likely N-dealkylation sites (N-methyl/N-ethyl adjacent to an activating group) is 1. The van der Waals surface area contributed by atoms with E-state index in [-0.39, 0.29) is 18.4 Å². The first-order chi connectivity index (χ1) is 10.6. The number of benzene rings is 1.